The fraction of sp³-hybridized carbons (Fsp3) is 0.188. The van der Waals surface area contributed by atoms with Gasteiger partial charge in [-0.1, -0.05) is 11.8 Å². The van der Waals surface area contributed by atoms with Crippen molar-refractivity contribution in [3.8, 4) is 0 Å². The second kappa shape index (κ2) is 7.43. The molecule has 0 aliphatic rings. The zero-order valence-electron chi connectivity index (χ0n) is 14.4. The van der Waals surface area contributed by atoms with Crippen molar-refractivity contribution in [1.82, 2.24) is 9.55 Å². The van der Waals surface area contributed by atoms with Crippen LogP contribution in [0, 0.1) is 0 Å². The Balaban J connectivity index is 1.75. The van der Waals surface area contributed by atoms with Gasteiger partial charge in [-0.25, -0.2) is 18.5 Å². The van der Waals surface area contributed by atoms with Gasteiger partial charge in [0.05, 0.1) is 15.5 Å². The van der Waals surface area contributed by atoms with Crippen LogP contribution in [0.3, 0.4) is 0 Å². The van der Waals surface area contributed by atoms with Gasteiger partial charge in [-0.2, -0.15) is 0 Å². The van der Waals surface area contributed by atoms with E-state index < -0.39 is 15.3 Å². The zero-order valence-corrected chi connectivity index (χ0v) is 16.8. The van der Waals surface area contributed by atoms with Gasteiger partial charge in [0.25, 0.3) is 5.56 Å². The van der Waals surface area contributed by atoms with Gasteiger partial charge in [-0.15, -0.1) is 11.3 Å². The maximum atomic E-state index is 12.4. The van der Waals surface area contributed by atoms with Crippen LogP contribution in [0.5, 0.6) is 0 Å². The predicted octanol–water partition coefficient (Wildman–Crippen LogP) is 1.76. The topological polar surface area (TPSA) is 124 Å². The number of hydrogen-bond donors (Lipinski definition) is 2. The van der Waals surface area contributed by atoms with Crippen LogP contribution in [0.1, 0.15) is 6.92 Å². The highest BCUT2D eigenvalue weighted by Gasteiger charge is 2.19. The van der Waals surface area contributed by atoms with E-state index in [9.17, 15) is 18.0 Å². The first-order chi connectivity index (χ1) is 12.7. The van der Waals surface area contributed by atoms with Crippen LogP contribution in [-0.4, -0.2) is 29.1 Å². The number of rotatable bonds is 5. The third-order valence-electron chi connectivity index (χ3n) is 3.77. The molecule has 1 aromatic carbocycles. The number of primary sulfonamides is 1. The molecular weight excluding hydrogens is 408 g/mol. The molecule has 0 aliphatic carbocycles. The lowest BCUT2D eigenvalue weighted by Gasteiger charge is -2.13. The van der Waals surface area contributed by atoms with Gasteiger partial charge in [0.1, 0.15) is 4.83 Å². The molecule has 3 rings (SSSR count). The fourth-order valence-electron chi connectivity index (χ4n) is 2.27. The minimum atomic E-state index is -3.78. The van der Waals surface area contributed by atoms with Crippen LogP contribution in [0.2, 0.25) is 0 Å². The minimum Gasteiger partial charge on any atom is -0.325 e. The third-order valence-corrected chi connectivity index (χ3v) is 6.65. The summed E-state index contributed by atoms with van der Waals surface area (Å²) >= 11 is 2.54. The minimum absolute atomic E-state index is 0.0358. The third kappa shape index (κ3) is 4.21. The van der Waals surface area contributed by atoms with E-state index in [0.29, 0.717) is 21.1 Å². The molecule has 1 atom stereocenters. The van der Waals surface area contributed by atoms with E-state index in [1.807, 2.05) is 0 Å². The van der Waals surface area contributed by atoms with Gasteiger partial charge in [0.2, 0.25) is 15.9 Å². The maximum absolute atomic E-state index is 12.4. The van der Waals surface area contributed by atoms with Crippen molar-refractivity contribution in [1.29, 1.82) is 0 Å². The summed E-state index contributed by atoms with van der Waals surface area (Å²) in [6.07, 6.45) is 0. The first kappa shape index (κ1) is 19.5. The van der Waals surface area contributed by atoms with Gasteiger partial charge in [0.15, 0.2) is 5.16 Å². The molecule has 0 saturated carbocycles. The molecule has 0 unspecified atom stereocenters. The van der Waals surface area contributed by atoms with Crippen molar-refractivity contribution in [3.63, 3.8) is 0 Å². The molecule has 2 aromatic heterocycles. The molecule has 0 fully saturated rings. The van der Waals surface area contributed by atoms with Crippen molar-refractivity contribution >= 4 is 54.9 Å². The molecule has 3 aromatic rings. The first-order valence-corrected chi connectivity index (χ1v) is 11.0. The van der Waals surface area contributed by atoms with E-state index in [4.69, 9.17) is 5.14 Å². The number of hydrogen-bond acceptors (Lipinski definition) is 7. The number of nitrogens with two attached hydrogens (primary N) is 1. The molecule has 0 saturated heterocycles. The van der Waals surface area contributed by atoms with Crippen LogP contribution in [0.15, 0.2) is 50.6 Å². The van der Waals surface area contributed by atoms with Crippen LogP contribution in [-0.2, 0) is 21.9 Å². The Kier molecular flexibility index (Phi) is 5.38. The fourth-order valence-corrected chi connectivity index (χ4v) is 4.46. The number of anilines is 1. The number of nitrogens with one attached hydrogen (secondary N) is 1. The van der Waals surface area contributed by atoms with Crippen molar-refractivity contribution < 1.29 is 13.2 Å². The zero-order chi connectivity index (χ0) is 19.8. The Morgan fingerprint density at radius 1 is 1.30 bits per heavy atom. The van der Waals surface area contributed by atoms with E-state index in [0.717, 1.165) is 0 Å². The summed E-state index contributed by atoms with van der Waals surface area (Å²) in [5.41, 5.74) is 0.283. The highest BCUT2D eigenvalue weighted by atomic mass is 32.2. The van der Waals surface area contributed by atoms with Gasteiger partial charge in [-0.05, 0) is 42.6 Å². The molecule has 1 amide bonds. The van der Waals surface area contributed by atoms with Crippen LogP contribution in [0.4, 0.5) is 5.69 Å². The predicted molar refractivity (Wildman–Crippen MR) is 107 cm³/mol. The summed E-state index contributed by atoms with van der Waals surface area (Å²) in [7, 11) is -2.17. The number of benzene rings is 1. The summed E-state index contributed by atoms with van der Waals surface area (Å²) in [6.45, 7) is 1.70. The number of carbonyl (C=O) groups excluding carboxylic acids is 1. The Hall–Kier alpha value is -2.21. The normalized spacial score (nSPS) is 12.9. The molecule has 0 bridgehead atoms. The molecule has 142 valence electrons. The van der Waals surface area contributed by atoms with Gasteiger partial charge >= 0.3 is 0 Å². The van der Waals surface area contributed by atoms with Crippen molar-refractivity contribution in [2.45, 2.75) is 22.2 Å². The van der Waals surface area contributed by atoms with Crippen molar-refractivity contribution in [3.05, 3.63) is 46.1 Å². The lowest BCUT2D eigenvalue weighted by atomic mass is 10.3. The molecule has 8 nitrogen and oxygen atoms in total. The molecule has 3 N–H and O–H groups in total. The lowest BCUT2D eigenvalue weighted by Crippen LogP contribution is -2.25. The van der Waals surface area contributed by atoms with E-state index in [-0.39, 0.29) is 16.4 Å². The SMILES string of the molecule is C[C@@H](Sc1nc2sccc2c(=O)n1C)C(=O)Nc1ccc(S(N)(=O)=O)cc1. The van der Waals surface area contributed by atoms with Crippen LogP contribution >= 0.6 is 23.1 Å². The number of aromatic nitrogens is 2. The molecular formula is C16H16N4O4S3. The Morgan fingerprint density at radius 2 is 1.96 bits per heavy atom. The Bertz CT molecular complexity index is 1170. The van der Waals surface area contributed by atoms with E-state index in [1.54, 1.807) is 25.4 Å². The maximum Gasteiger partial charge on any atom is 0.262 e. The van der Waals surface area contributed by atoms with Gasteiger partial charge in [0, 0.05) is 12.7 Å². The summed E-state index contributed by atoms with van der Waals surface area (Å²) in [5, 5.41) is 10.0. The first-order valence-electron chi connectivity index (χ1n) is 7.71. The number of carbonyl (C=O) groups is 1. The summed E-state index contributed by atoms with van der Waals surface area (Å²) in [6, 6.07) is 7.28. The standard InChI is InChI=1S/C16H16N4O4S3/c1-9(13(21)18-10-3-5-11(6-4-10)27(17,23)24)26-16-19-14-12(7-8-25-14)15(22)20(16)2/h3-9H,1-2H3,(H,18,21)(H2,17,23,24)/t9-/m1/s1. The molecule has 0 spiro atoms. The van der Waals surface area contributed by atoms with Gasteiger partial charge < -0.3 is 5.32 Å². The van der Waals surface area contributed by atoms with Crippen molar-refractivity contribution in [2.75, 3.05) is 5.32 Å². The second-order valence-corrected chi connectivity index (χ2v) is 9.48. The smallest absolute Gasteiger partial charge is 0.262 e. The number of amides is 1. The molecule has 0 aliphatic heterocycles. The summed E-state index contributed by atoms with van der Waals surface area (Å²) < 4.78 is 23.9. The van der Waals surface area contributed by atoms with E-state index >= 15 is 0 Å². The average Bonchev–Trinajstić information content (AvgIpc) is 3.07. The summed E-state index contributed by atoms with van der Waals surface area (Å²) in [4.78, 5) is 29.8. The average molecular weight is 425 g/mol. The Labute approximate surface area is 163 Å². The van der Waals surface area contributed by atoms with E-state index in [1.165, 1.54) is 51.9 Å². The number of fused-ring (bicyclic) bond motifs is 1. The molecule has 2 heterocycles. The van der Waals surface area contributed by atoms with Gasteiger partial charge in [-0.3, -0.25) is 14.2 Å². The number of thioether (sulfide) groups is 1. The van der Waals surface area contributed by atoms with Crippen LogP contribution < -0.4 is 16.0 Å². The lowest BCUT2D eigenvalue weighted by molar-refractivity contribution is -0.115. The molecule has 11 heteroatoms. The monoisotopic (exact) mass is 424 g/mol. The highest BCUT2D eigenvalue weighted by molar-refractivity contribution is 8.00. The number of nitrogens with zero attached hydrogens (tertiary/aromatic N) is 2. The number of sulfonamides is 1. The van der Waals surface area contributed by atoms with Crippen molar-refractivity contribution in [2.24, 2.45) is 12.2 Å². The highest BCUT2D eigenvalue weighted by Crippen LogP contribution is 2.25. The second-order valence-electron chi connectivity index (χ2n) is 5.72. The molecule has 27 heavy (non-hydrogen) atoms. The van der Waals surface area contributed by atoms with Crippen LogP contribution in [0.25, 0.3) is 10.2 Å². The number of thiophene rings is 1. The summed E-state index contributed by atoms with van der Waals surface area (Å²) in [5.74, 6) is -0.302. The largest absolute Gasteiger partial charge is 0.325 e. The quantitative estimate of drug-likeness (QED) is 0.475. The van der Waals surface area contributed by atoms with E-state index in [2.05, 4.69) is 10.3 Å². The molecule has 0 radical (unpaired) electrons. The Morgan fingerprint density at radius 3 is 2.59 bits per heavy atom.